The van der Waals surface area contributed by atoms with Crippen molar-refractivity contribution in [1.29, 1.82) is 0 Å². The van der Waals surface area contributed by atoms with Crippen molar-refractivity contribution in [3.8, 4) is 11.8 Å². The molecule has 2 rings (SSSR count). The van der Waals surface area contributed by atoms with Crippen molar-refractivity contribution in [3.05, 3.63) is 12.2 Å². The molecule has 2 saturated carbocycles. The van der Waals surface area contributed by atoms with Gasteiger partial charge in [0, 0.05) is 25.4 Å². The molecular weight excluding hydrogens is 408 g/mol. The number of hydrogen-bond acceptors (Lipinski definition) is 3. The molecule has 3 heteroatoms. The molecule has 0 aromatic heterocycles. The monoisotopic (exact) mass is 458 g/mol. The highest BCUT2D eigenvalue weighted by Crippen LogP contribution is 2.36. The molecule has 3 atom stereocenters. The Kier molecular flexibility index (Phi) is 15.3. The lowest BCUT2D eigenvalue weighted by Crippen LogP contribution is -2.17. The quantitative estimate of drug-likeness (QED) is 0.108. The van der Waals surface area contributed by atoms with E-state index >= 15 is 0 Å². The highest BCUT2D eigenvalue weighted by atomic mass is 16.6. The number of rotatable bonds is 15. The van der Waals surface area contributed by atoms with Gasteiger partial charge < -0.3 is 9.47 Å². The van der Waals surface area contributed by atoms with Gasteiger partial charge in [0.25, 0.3) is 0 Å². The first-order valence-corrected chi connectivity index (χ1v) is 14.1. The van der Waals surface area contributed by atoms with Crippen LogP contribution in [0.5, 0.6) is 0 Å². The summed E-state index contributed by atoms with van der Waals surface area (Å²) in [6, 6.07) is 0. The predicted octanol–water partition coefficient (Wildman–Crippen LogP) is 7.88. The standard InChI is InChI=1S/C30H50O3/c1-3-15-26(27-17-9-7-10-18-27)19-12-13-20-29-22-14-21-28(29)16-8-5-6-11-23-30(31)33-25-24-32-4-2/h5,8,26-29H,3-4,6-7,9-12,14-19,21-25H2,1-2H3/t26?,28-,29-/m0/s1. The lowest BCUT2D eigenvalue weighted by atomic mass is 9.76. The fourth-order valence-electron chi connectivity index (χ4n) is 5.75. The molecule has 188 valence electrons. The second-order valence-corrected chi connectivity index (χ2v) is 10.1. The summed E-state index contributed by atoms with van der Waals surface area (Å²) in [7, 11) is 0. The van der Waals surface area contributed by atoms with Crippen LogP contribution in [0.2, 0.25) is 0 Å². The number of unbranched alkanes of at least 4 members (excludes halogenated alkanes) is 1. The summed E-state index contributed by atoms with van der Waals surface area (Å²) in [4.78, 5) is 11.7. The molecule has 0 radical (unpaired) electrons. The number of esters is 1. The largest absolute Gasteiger partial charge is 0.463 e. The van der Waals surface area contributed by atoms with Crippen LogP contribution in [0.25, 0.3) is 0 Å². The smallest absolute Gasteiger partial charge is 0.305 e. The molecule has 1 unspecified atom stereocenters. The van der Waals surface area contributed by atoms with Gasteiger partial charge >= 0.3 is 5.97 Å². The Morgan fingerprint density at radius 1 is 1.00 bits per heavy atom. The first-order chi connectivity index (χ1) is 16.2. The third kappa shape index (κ3) is 12.1. The van der Waals surface area contributed by atoms with E-state index in [2.05, 4.69) is 30.9 Å². The average Bonchev–Trinajstić information content (AvgIpc) is 3.28. The second kappa shape index (κ2) is 18.1. The maximum atomic E-state index is 11.7. The Morgan fingerprint density at radius 3 is 2.64 bits per heavy atom. The van der Waals surface area contributed by atoms with Crippen molar-refractivity contribution in [3.63, 3.8) is 0 Å². The van der Waals surface area contributed by atoms with Crippen LogP contribution in [0.15, 0.2) is 12.2 Å². The van der Waals surface area contributed by atoms with E-state index in [9.17, 15) is 4.79 Å². The summed E-state index contributed by atoms with van der Waals surface area (Å²) in [6.45, 7) is 5.80. The molecule has 2 aliphatic rings. The molecule has 3 nitrogen and oxygen atoms in total. The van der Waals surface area contributed by atoms with Crippen LogP contribution in [0, 0.1) is 35.5 Å². The molecule has 0 aromatic carbocycles. The number of carbonyl (C=O) groups is 1. The van der Waals surface area contributed by atoms with Crippen molar-refractivity contribution in [2.75, 3.05) is 19.8 Å². The average molecular weight is 459 g/mol. The summed E-state index contributed by atoms with van der Waals surface area (Å²) in [5.74, 6) is 10.4. The molecular formula is C30H50O3. The van der Waals surface area contributed by atoms with Crippen molar-refractivity contribution in [2.24, 2.45) is 23.7 Å². The number of hydrogen-bond donors (Lipinski definition) is 0. The van der Waals surface area contributed by atoms with E-state index in [1.54, 1.807) is 0 Å². The van der Waals surface area contributed by atoms with Crippen molar-refractivity contribution in [1.82, 2.24) is 0 Å². The Balaban J connectivity index is 1.61. The molecule has 0 saturated heterocycles. The van der Waals surface area contributed by atoms with Crippen LogP contribution in [0.3, 0.4) is 0 Å². The lowest BCUT2D eigenvalue weighted by Gasteiger charge is -2.29. The summed E-state index contributed by atoms with van der Waals surface area (Å²) < 4.78 is 10.3. The van der Waals surface area contributed by atoms with Crippen LogP contribution in [0.4, 0.5) is 0 Å². The maximum absolute atomic E-state index is 11.7. The third-order valence-electron chi connectivity index (χ3n) is 7.61. The third-order valence-corrected chi connectivity index (χ3v) is 7.61. The van der Waals surface area contributed by atoms with Gasteiger partial charge in [0.15, 0.2) is 0 Å². The second-order valence-electron chi connectivity index (χ2n) is 10.1. The summed E-state index contributed by atoms with van der Waals surface area (Å²) in [6.07, 6.45) is 24.3. The zero-order valence-electron chi connectivity index (χ0n) is 21.6. The van der Waals surface area contributed by atoms with E-state index in [1.165, 1.54) is 70.6 Å². The topological polar surface area (TPSA) is 35.5 Å². The van der Waals surface area contributed by atoms with Crippen molar-refractivity contribution in [2.45, 2.75) is 117 Å². The van der Waals surface area contributed by atoms with Gasteiger partial charge in [0.2, 0.25) is 0 Å². The maximum Gasteiger partial charge on any atom is 0.305 e. The van der Waals surface area contributed by atoms with Crippen molar-refractivity contribution >= 4 is 5.97 Å². The van der Waals surface area contributed by atoms with Crippen LogP contribution in [-0.4, -0.2) is 25.8 Å². The Labute approximate surface area is 204 Å². The number of carbonyl (C=O) groups excluding carboxylic acids is 1. The molecule has 0 heterocycles. The molecule has 0 bridgehead atoms. The normalized spacial score (nSPS) is 22.2. The van der Waals surface area contributed by atoms with E-state index in [4.69, 9.17) is 9.47 Å². The first kappa shape index (κ1) is 28.0. The summed E-state index contributed by atoms with van der Waals surface area (Å²) >= 11 is 0. The molecule has 0 spiro atoms. The fourth-order valence-corrected chi connectivity index (χ4v) is 5.75. The van der Waals surface area contributed by atoms with Crippen LogP contribution >= 0.6 is 0 Å². The van der Waals surface area contributed by atoms with Gasteiger partial charge in [-0.2, -0.15) is 0 Å². The van der Waals surface area contributed by atoms with Gasteiger partial charge in [-0.05, 0) is 63.2 Å². The lowest BCUT2D eigenvalue weighted by molar-refractivity contribution is -0.145. The predicted molar refractivity (Wildman–Crippen MR) is 138 cm³/mol. The van der Waals surface area contributed by atoms with Gasteiger partial charge in [-0.3, -0.25) is 4.79 Å². The Hall–Kier alpha value is -1.27. The minimum absolute atomic E-state index is 0.112. The fraction of sp³-hybridized carbons (Fsp3) is 0.833. The Bertz CT molecular complexity index is 593. The van der Waals surface area contributed by atoms with Gasteiger partial charge in [0.05, 0.1) is 6.61 Å². The highest BCUT2D eigenvalue weighted by molar-refractivity contribution is 5.69. The first-order valence-electron chi connectivity index (χ1n) is 14.1. The van der Waals surface area contributed by atoms with E-state index in [1.807, 2.05) is 6.92 Å². The van der Waals surface area contributed by atoms with Gasteiger partial charge in [-0.25, -0.2) is 0 Å². The molecule has 0 amide bonds. The van der Waals surface area contributed by atoms with Crippen molar-refractivity contribution < 1.29 is 14.3 Å². The zero-order chi connectivity index (χ0) is 23.6. The van der Waals surface area contributed by atoms with E-state index in [-0.39, 0.29) is 5.97 Å². The summed E-state index contributed by atoms with van der Waals surface area (Å²) in [5.41, 5.74) is 0. The molecule has 0 aliphatic heterocycles. The van der Waals surface area contributed by atoms with E-state index in [0.29, 0.717) is 32.2 Å². The van der Waals surface area contributed by atoms with Crippen LogP contribution in [-0.2, 0) is 14.3 Å². The molecule has 0 aromatic rings. The SMILES string of the molecule is CCCC(CCC#C[C@H]1CCC[C@@H]1CC=CCCCC(=O)OCCOCC)C1CCCCC1. The van der Waals surface area contributed by atoms with E-state index in [0.717, 1.165) is 43.4 Å². The van der Waals surface area contributed by atoms with Gasteiger partial charge in [0.1, 0.15) is 6.61 Å². The molecule has 0 N–H and O–H groups in total. The number of ether oxygens (including phenoxy) is 2. The molecule has 33 heavy (non-hydrogen) atoms. The van der Waals surface area contributed by atoms with Crippen LogP contribution < -0.4 is 0 Å². The van der Waals surface area contributed by atoms with Crippen LogP contribution in [0.1, 0.15) is 117 Å². The van der Waals surface area contributed by atoms with Gasteiger partial charge in [-0.1, -0.05) is 76.4 Å². The zero-order valence-corrected chi connectivity index (χ0v) is 21.6. The molecule has 2 aliphatic carbocycles. The van der Waals surface area contributed by atoms with E-state index < -0.39 is 0 Å². The Morgan fingerprint density at radius 2 is 1.85 bits per heavy atom. The number of allylic oxidation sites excluding steroid dienone is 2. The summed E-state index contributed by atoms with van der Waals surface area (Å²) in [5, 5.41) is 0. The minimum atomic E-state index is -0.112. The molecule has 2 fully saturated rings. The highest BCUT2D eigenvalue weighted by Gasteiger charge is 2.25. The minimum Gasteiger partial charge on any atom is -0.463 e. The van der Waals surface area contributed by atoms with Gasteiger partial charge in [-0.15, -0.1) is 5.92 Å².